The summed E-state index contributed by atoms with van der Waals surface area (Å²) >= 11 is 0. The van der Waals surface area contributed by atoms with E-state index in [1.165, 1.54) is 0 Å². The van der Waals surface area contributed by atoms with Gasteiger partial charge in [-0.25, -0.2) is 4.79 Å². The molecule has 1 saturated carbocycles. The highest BCUT2D eigenvalue weighted by Crippen LogP contribution is 2.36. The van der Waals surface area contributed by atoms with Crippen LogP contribution in [0.5, 0.6) is 0 Å². The van der Waals surface area contributed by atoms with Gasteiger partial charge in [0.15, 0.2) is 0 Å². The summed E-state index contributed by atoms with van der Waals surface area (Å²) in [4.78, 5) is 42.8. The third kappa shape index (κ3) is 8.47. The molecule has 0 radical (unpaired) electrons. The van der Waals surface area contributed by atoms with Gasteiger partial charge in [-0.05, 0) is 84.3 Å². The Labute approximate surface area is 224 Å². The van der Waals surface area contributed by atoms with E-state index in [0.29, 0.717) is 6.42 Å². The van der Waals surface area contributed by atoms with Crippen molar-refractivity contribution in [1.82, 2.24) is 15.5 Å². The molecule has 3 amide bonds. The third-order valence-corrected chi connectivity index (χ3v) is 7.23. The van der Waals surface area contributed by atoms with Crippen LogP contribution >= 0.6 is 0 Å². The quantitative estimate of drug-likeness (QED) is 0.380. The van der Waals surface area contributed by atoms with Crippen molar-refractivity contribution in [3.63, 3.8) is 0 Å². The molecule has 1 fully saturated rings. The van der Waals surface area contributed by atoms with Crippen molar-refractivity contribution in [2.75, 3.05) is 0 Å². The van der Waals surface area contributed by atoms with Gasteiger partial charge in [0.1, 0.15) is 17.7 Å². The first-order valence-electron chi connectivity index (χ1n) is 14.0. The maximum Gasteiger partial charge on any atom is 0.408 e. The number of carbonyl (C=O) groups excluding carboxylic acids is 3. The van der Waals surface area contributed by atoms with Crippen LogP contribution in [-0.4, -0.2) is 46.5 Å². The van der Waals surface area contributed by atoms with Crippen LogP contribution in [0.15, 0.2) is 18.2 Å². The summed E-state index contributed by atoms with van der Waals surface area (Å²) < 4.78 is 5.50. The molecule has 208 valence electrons. The summed E-state index contributed by atoms with van der Waals surface area (Å²) in [5, 5.41) is 6.02. The van der Waals surface area contributed by atoms with Crippen molar-refractivity contribution < 1.29 is 19.1 Å². The van der Waals surface area contributed by atoms with Crippen molar-refractivity contribution in [1.29, 1.82) is 0 Å². The third-order valence-electron chi connectivity index (χ3n) is 7.23. The highest BCUT2D eigenvalue weighted by molar-refractivity contribution is 5.93. The average Bonchev–Trinajstić information content (AvgIpc) is 2.75. The van der Waals surface area contributed by atoms with Crippen LogP contribution in [0.25, 0.3) is 0 Å². The van der Waals surface area contributed by atoms with Gasteiger partial charge in [0.2, 0.25) is 11.8 Å². The Kier molecular flexibility index (Phi) is 11.0. The Morgan fingerprint density at radius 3 is 2.22 bits per heavy atom. The predicted molar refractivity (Wildman–Crippen MR) is 148 cm³/mol. The number of nitrogens with zero attached hydrogens (tertiary/aromatic N) is 1. The lowest BCUT2D eigenvalue weighted by Gasteiger charge is -2.44. The molecule has 0 heterocycles. The van der Waals surface area contributed by atoms with Crippen molar-refractivity contribution in [3.8, 4) is 0 Å². The monoisotopic (exact) mass is 515 g/mol. The Balaban J connectivity index is 2.55. The zero-order valence-corrected chi connectivity index (χ0v) is 24.4. The molecule has 1 aromatic carbocycles. The van der Waals surface area contributed by atoms with E-state index in [9.17, 15) is 14.4 Å². The van der Waals surface area contributed by atoms with Gasteiger partial charge in [-0.2, -0.15) is 0 Å². The molecule has 7 heteroatoms. The van der Waals surface area contributed by atoms with E-state index in [2.05, 4.69) is 23.6 Å². The second kappa shape index (κ2) is 13.3. The SMILES string of the molecule is CCCC(C)NC(=O)C(c1ccc(C)cc1C)N(C(=O)C(NC(=O)OC(C)(C)C)C(C)CC)C1CCC1. The van der Waals surface area contributed by atoms with Gasteiger partial charge in [0, 0.05) is 12.1 Å². The minimum absolute atomic E-state index is 0.00523. The number of alkyl carbamates (subject to hydrolysis) is 1. The zero-order chi connectivity index (χ0) is 27.9. The van der Waals surface area contributed by atoms with Crippen molar-refractivity contribution >= 4 is 17.9 Å². The number of nitrogens with one attached hydrogen (secondary N) is 2. The van der Waals surface area contributed by atoms with E-state index in [1.54, 1.807) is 25.7 Å². The molecule has 0 aromatic heterocycles. The molecule has 4 unspecified atom stereocenters. The lowest BCUT2D eigenvalue weighted by Crippen LogP contribution is -2.59. The van der Waals surface area contributed by atoms with Crippen molar-refractivity contribution in [2.24, 2.45) is 5.92 Å². The highest BCUT2D eigenvalue weighted by Gasteiger charge is 2.43. The molecule has 1 aliphatic rings. The first kappa shape index (κ1) is 30.7. The average molecular weight is 516 g/mol. The molecule has 2 rings (SSSR count). The van der Waals surface area contributed by atoms with Crippen LogP contribution in [0.4, 0.5) is 4.79 Å². The van der Waals surface area contributed by atoms with Crippen molar-refractivity contribution in [2.45, 2.75) is 131 Å². The molecule has 0 aliphatic heterocycles. The van der Waals surface area contributed by atoms with Crippen LogP contribution < -0.4 is 10.6 Å². The van der Waals surface area contributed by atoms with E-state index < -0.39 is 23.8 Å². The molecular formula is C30H49N3O4. The van der Waals surface area contributed by atoms with E-state index in [4.69, 9.17) is 4.74 Å². The Morgan fingerprint density at radius 2 is 1.73 bits per heavy atom. The van der Waals surface area contributed by atoms with Gasteiger partial charge in [0.05, 0.1) is 0 Å². The second-order valence-electron chi connectivity index (χ2n) is 11.8. The lowest BCUT2D eigenvalue weighted by atomic mass is 9.86. The maximum atomic E-state index is 14.4. The van der Waals surface area contributed by atoms with Crippen LogP contribution in [-0.2, 0) is 14.3 Å². The normalized spacial score (nSPS) is 17.1. The number of hydrogen-bond acceptors (Lipinski definition) is 4. The molecule has 0 bridgehead atoms. The van der Waals surface area contributed by atoms with Crippen LogP contribution in [0.2, 0.25) is 0 Å². The minimum Gasteiger partial charge on any atom is -0.444 e. The second-order valence-corrected chi connectivity index (χ2v) is 11.8. The van der Waals surface area contributed by atoms with E-state index in [0.717, 1.165) is 48.8 Å². The van der Waals surface area contributed by atoms with E-state index in [-0.39, 0.29) is 29.8 Å². The fourth-order valence-electron chi connectivity index (χ4n) is 4.84. The predicted octanol–water partition coefficient (Wildman–Crippen LogP) is 5.97. The molecule has 37 heavy (non-hydrogen) atoms. The maximum absolute atomic E-state index is 14.4. The summed E-state index contributed by atoms with van der Waals surface area (Å²) in [5.74, 6) is -0.536. The van der Waals surface area contributed by atoms with Crippen LogP contribution in [0, 0.1) is 19.8 Å². The fourth-order valence-corrected chi connectivity index (χ4v) is 4.84. The Hall–Kier alpha value is -2.57. The van der Waals surface area contributed by atoms with Gasteiger partial charge in [0.25, 0.3) is 0 Å². The fraction of sp³-hybridized carbons (Fsp3) is 0.700. The molecule has 0 saturated heterocycles. The van der Waals surface area contributed by atoms with Gasteiger partial charge in [-0.1, -0.05) is 57.4 Å². The first-order chi connectivity index (χ1) is 17.3. The van der Waals surface area contributed by atoms with Crippen LogP contribution in [0.1, 0.15) is 110 Å². The van der Waals surface area contributed by atoms with Crippen LogP contribution in [0.3, 0.4) is 0 Å². The number of carbonyl (C=O) groups is 3. The van der Waals surface area contributed by atoms with Gasteiger partial charge in [-0.15, -0.1) is 0 Å². The molecule has 2 N–H and O–H groups in total. The topological polar surface area (TPSA) is 87.7 Å². The molecule has 1 aromatic rings. The molecule has 0 spiro atoms. The Bertz CT molecular complexity index is 935. The molecular weight excluding hydrogens is 466 g/mol. The molecule has 7 nitrogen and oxygen atoms in total. The van der Waals surface area contributed by atoms with E-state index >= 15 is 0 Å². The molecule has 1 aliphatic carbocycles. The highest BCUT2D eigenvalue weighted by atomic mass is 16.6. The standard InChI is InChI=1S/C30H49N3O4/c1-10-13-22(6)31-27(34)26(24-17-16-19(3)18-21(24)5)33(23-14-12-15-23)28(35)25(20(4)11-2)32-29(36)37-30(7,8)9/h16-18,20,22-23,25-26H,10-15H2,1-9H3,(H,31,34)(H,32,36). The lowest BCUT2D eigenvalue weighted by molar-refractivity contribution is -0.148. The zero-order valence-electron chi connectivity index (χ0n) is 24.4. The van der Waals surface area contributed by atoms with Crippen molar-refractivity contribution in [3.05, 3.63) is 34.9 Å². The van der Waals surface area contributed by atoms with Gasteiger partial charge >= 0.3 is 6.09 Å². The Morgan fingerprint density at radius 1 is 1.08 bits per heavy atom. The minimum atomic E-state index is -0.797. The summed E-state index contributed by atoms with van der Waals surface area (Å²) in [6, 6.07) is 4.38. The number of benzene rings is 1. The van der Waals surface area contributed by atoms with Gasteiger partial charge < -0.3 is 20.3 Å². The number of rotatable bonds is 11. The largest absolute Gasteiger partial charge is 0.444 e. The summed E-state index contributed by atoms with van der Waals surface area (Å²) in [6.07, 6.45) is 4.57. The molecule has 4 atom stereocenters. The number of aryl methyl sites for hydroxylation is 2. The van der Waals surface area contributed by atoms with Gasteiger partial charge in [-0.3, -0.25) is 9.59 Å². The summed E-state index contributed by atoms with van der Waals surface area (Å²) in [5.41, 5.74) is 2.22. The first-order valence-corrected chi connectivity index (χ1v) is 14.0. The summed E-state index contributed by atoms with van der Waals surface area (Å²) in [6.45, 7) is 17.4. The number of hydrogen-bond donors (Lipinski definition) is 2. The number of ether oxygens (including phenoxy) is 1. The number of amides is 3. The van der Waals surface area contributed by atoms with E-state index in [1.807, 2.05) is 46.8 Å². The summed E-state index contributed by atoms with van der Waals surface area (Å²) in [7, 11) is 0. The smallest absolute Gasteiger partial charge is 0.408 e.